The van der Waals surface area contributed by atoms with Gasteiger partial charge in [0.05, 0.1) is 32.0 Å². The molecule has 0 atom stereocenters. The standard InChI is InChI=1S/C37H42O14/c1-4-19-42-43-21-6-5-20-41-37(40)50-33-15-9-30(10-16-33)26-47-51-35-18-17-34(24-28(35)2)49-36(39)32-13-11-31(12-14-32)29(3)25-46-44-22-7-8-23-45-48-27-38/h4,9-18,24,27H,1,3,5-8,19-23,25-26H2,2H3. The van der Waals surface area contributed by atoms with E-state index < -0.39 is 12.1 Å². The van der Waals surface area contributed by atoms with Crippen molar-refractivity contribution in [3.8, 4) is 17.2 Å². The molecule has 3 aromatic rings. The summed E-state index contributed by atoms with van der Waals surface area (Å²) >= 11 is 0. The third-order valence-electron chi connectivity index (χ3n) is 6.62. The number of ether oxygens (including phenoxy) is 3. The Morgan fingerprint density at radius 2 is 1.35 bits per heavy atom. The van der Waals surface area contributed by atoms with Crippen LogP contribution in [0.15, 0.2) is 86.0 Å². The van der Waals surface area contributed by atoms with Crippen molar-refractivity contribution in [2.75, 3.05) is 39.6 Å². The lowest BCUT2D eigenvalue weighted by Gasteiger charge is -2.11. The van der Waals surface area contributed by atoms with Crippen molar-refractivity contribution in [3.05, 3.63) is 108 Å². The molecule has 0 saturated carbocycles. The molecule has 14 heteroatoms. The molecule has 274 valence electrons. The highest BCUT2D eigenvalue weighted by Crippen LogP contribution is 2.25. The molecule has 0 spiro atoms. The van der Waals surface area contributed by atoms with Gasteiger partial charge in [0.15, 0.2) is 5.75 Å². The van der Waals surface area contributed by atoms with E-state index in [9.17, 15) is 14.4 Å². The van der Waals surface area contributed by atoms with Gasteiger partial charge in [0.1, 0.15) is 31.3 Å². The number of carbonyl (C=O) groups excluding carboxylic acids is 3. The Kier molecular flexibility index (Phi) is 19.1. The first-order valence-electron chi connectivity index (χ1n) is 16.0. The molecule has 0 aromatic heterocycles. The summed E-state index contributed by atoms with van der Waals surface area (Å²) in [4.78, 5) is 74.2. The van der Waals surface area contributed by atoms with E-state index in [-0.39, 0.29) is 32.9 Å². The van der Waals surface area contributed by atoms with Gasteiger partial charge in [-0.1, -0.05) is 36.9 Å². The summed E-state index contributed by atoms with van der Waals surface area (Å²) in [6, 6.07) is 18.3. The Hall–Kier alpha value is -5.09. The van der Waals surface area contributed by atoms with Crippen LogP contribution in [0.4, 0.5) is 4.79 Å². The van der Waals surface area contributed by atoms with Crippen LogP contribution >= 0.6 is 0 Å². The van der Waals surface area contributed by atoms with Crippen LogP contribution in [0, 0.1) is 6.92 Å². The van der Waals surface area contributed by atoms with Gasteiger partial charge in [0, 0.05) is 0 Å². The smallest absolute Gasteiger partial charge is 0.434 e. The van der Waals surface area contributed by atoms with Crippen LogP contribution in [0.5, 0.6) is 17.2 Å². The molecular weight excluding hydrogens is 668 g/mol. The zero-order valence-electron chi connectivity index (χ0n) is 28.4. The molecule has 0 aliphatic carbocycles. The highest BCUT2D eigenvalue weighted by atomic mass is 17.2. The second-order valence-corrected chi connectivity index (χ2v) is 10.6. The first-order chi connectivity index (χ1) is 24.9. The lowest BCUT2D eigenvalue weighted by atomic mass is 10.1. The van der Waals surface area contributed by atoms with Gasteiger partial charge in [-0.2, -0.15) is 9.78 Å². The number of aryl methyl sites for hydroxylation is 1. The molecule has 0 amide bonds. The van der Waals surface area contributed by atoms with Crippen LogP contribution < -0.4 is 14.4 Å². The number of hydrogen-bond acceptors (Lipinski definition) is 14. The first kappa shape index (κ1) is 40.3. The maximum atomic E-state index is 12.7. The van der Waals surface area contributed by atoms with Gasteiger partial charge in [0.25, 0.3) is 0 Å². The Morgan fingerprint density at radius 3 is 2.04 bits per heavy atom. The van der Waals surface area contributed by atoms with E-state index in [0.29, 0.717) is 79.5 Å². The van der Waals surface area contributed by atoms with E-state index in [1.165, 1.54) is 0 Å². The highest BCUT2D eigenvalue weighted by Gasteiger charge is 2.12. The maximum Gasteiger partial charge on any atom is 0.513 e. The van der Waals surface area contributed by atoms with Gasteiger partial charge in [-0.25, -0.2) is 29.1 Å². The molecule has 3 rings (SSSR count). The summed E-state index contributed by atoms with van der Waals surface area (Å²) < 4.78 is 15.8. The predicted octanol–water partition coefficient (Wildman–Crippen LogP) is 7.00. The van der Waals surface area contributed by atoms with Gasteiger partial charge in [-0.3, -0.25) is 4.79 Å². The molecule has 0 heterocycles. The zero-order chi connectivity index (χ0) is 36.5. The normalized spacial score (nSPS) is 10.6. The van der Waals surface area contributed by atoms with E-state index in [1.54, 1.807) is 79.7 Å². The second-order valence-electron chi connectivity index (χ2n) is 10.6. The van der Waals surface area contributed by atoms with Crippen LogP contribution in [0.2, 0.25) is 0 Å². The highest BCUT2D eigenvalue weighted by molar-refractivity contribution is 5.91. The molecule has 3 aromatic carbocycles. The molecule has 51 heavy (non-hydrogen) atoms. The van der Waals surface area contributed by atoms with E-state index in [1.807, 2.05) is 0 Å². The number of unbranched alkanes of at least 4 members (excludes halogenated alkanes) is 2. The van der Waals surface area contributed by atoms with Crippen molar-refractivity contribution in [1.29, 1.82) is 0 Å². The molecule has 0 aliphatic rings. The molecule has 0 radical (unpaired) electrons. The molecule has 0 bridgehead atoms. The molecule has 0 saturated heterocycles. The van der Waals surface area contributed by atoms with Gasteiger partial charge in [-0.05, 0) is 97.3 Å². The molecule has 0 fully saturated rings. The van der Waals surface area contributed by atoms with E-state index in [2.05, 4.69) is 22.9 Å². The number of rotatable bonds is 26. The topological polar surface area (TPSA) is 153 Å². The third-order valence-corrected chi connectivity index (χ3v) is 6.62. The fourth-order valence-electron chi connectivity index (χ4n) is 3.95. The minimum Gasteiger partial charge on any atom is -0.434 e. The Balaban J connectivity index is 1.32. The molecule has 14 nitrogen and oxygen atoms in total. The monoisotopic (exact) mass is 710 g/mol. The summed E-state index contributed by atoms with van der Waals surface area (Å²) in [5.41, 5.74) is 3.25. The summed E-state index contributed by atoms with van der Waals surface area (Å²) in [5.74, 6) is 0.573. The molecule has 0 unspecified atom stereocenters. The van der Waals surface area contributed by atoms with Crippen molar-refractivity contribution in [2.24, 2.45) is 0 Å². The number of benzene rings is 3. The van der Waals surface area contributed by atoms with Crippen LogP contribution in [-0.4, -0.2) is 58.2 Å². The number of hydrogen-bond donors (Lipinski definition) is 0. The van der Waals surface area contributed by atoms with Crippen molar-refractivity contribution in [2.45, 2.75) is 39.2 Å². The van der Waals surface area contributed by atoms with Gasteiger partial charge in [0.2, 0.25) is 0 Å². The Morgan fingerprint density at radius 1 is 0.706 bits per heavy atom. The quantitative estimate of drug-likeness (QED) is 0.0123. The van der Waals surface area contributed by atoms with Crippen LogP contribution in [0.25, 0.3) is 5.57 Å². The van der Waals surface area contributed by atoms with Crippen LogP contribution in [0.3, 0.4) is 0 Å². The summed E-state index contributed by atoms with van der Waals surface area (Å²) in [7, 11) is 0. The number of esters is 1. The predicted molar refractivity (Wildman–Crippen MR) is 181 cm³/mol. The first-order valence-corrected chi connectivity index (χ1v) is 16.0. The van der Waals surface area contributed by atoms with Crippen LogP contribution in [-0.2, 0) is 50.4 Å². The van der Waals surface area contributed by atoms with Gasteiger partial charge in [-0.15, -0.1) is 6.58 Å². The largest absolute Gasteiger partial charge is 0.513 e. The van der Waals surface area contributed by atoms with Gasteiger partial charge < -0.3 is 24.0 Å². The third kappa shape index (κ3) is 16.4. The average Bonchev–Trinajstić information content (AvgIpc) is 3.13. The summed E-state index contributed by atoms with van der Waals surface area (Å²) in [6.45, 7) is 11.3. The number of carbonyl (C=O) groups is 3. The minimum absolute atomic E-state index is 0.122. The Bertz CT molecular complexity index is 1500. The molecule has 0 N–H and O–H groups in total. The minimum atomic E-state index is -0.801. The van der Waals surface area contributed by atoms with Crippen LogP contribution in [0.1, 0.15) is 52.7 Å². The van der Waals surface area contributed by atoms with E-state index >= 15 is 0 Å². The Labute approximate surface area is 296 Å². The average molecular weight is 711 g/mol. The molecular formula is C37H42O14. The maximum absolute atomic E-state index is 12.7. The van der Waals surface area contributed by atoms with Crippen molar-refractivity contribution < 1.29 is 67.7 Å². The molecule has 0 aliphatic heterocycles. The van der Waals surface area contributed by atoms with Crippen molar-refractivity contribution >= 4 is 24.2 Å². The van der Waals surface area contributed by atoms with E-state index in [4.69, 9.17) is 43.5 Å². The fourth-order valence-corrected chi connectivity index (χ4v) is 3.95. The SMILES string of the molecule is C=CCOOCCCCOC(=O)Oc1ccc(COOc2ccc(OC(=O)c3ccc(C(=C)COOCCCCOOC=O)cc3)cc2C)cc1. The summed E-state index contributed by atoms with van der Waals surface area (Å²) in [5, 5.41) is 0. The van der Waals surface area contributed by atoms with E-state index in [0.717, 1.165) is 11.1 Å². The lowest BCUT2D eigenvalue weighted by molar-refractivity contribution is -0.287. The van der Waals surface area contributed by atoms with Crippen molar-refractivity contribution in [1.82, 2.24) is 0 Å². The zero-order valence-corrected chi connectivity index (χ0v) is 28.4. The lowest BCUT2D eigenvalue weighted by Crippen LogP contribution is -2.12. The second kappa shape index (κ2) is 24.1. The summed E-state index contributed by atoms with van der Waals surface area (Å²) in [6.07, 6.45) is 3.31. The van der Waals surface area contributed by atoms with Gasteiger partial charge >= 0.3 is 18.6 Å². The van der Waals surface area contributed by atoms with Crippen molar-refractivity contribution in [3.63, 3.8) is 0 Å². The fraction of sp³-hybridized carbons (Fsp3) is 0.324.